The number of halogens is 5. The Morgan fingerprint density at radius 2 is 1.76 bits per heavy atom. The number of phenolic OH excluding ortho intramolecular Hbond substituents is 1. The molecule has 0 atom stereocenters. The highest BCUT2D eigenvalue weighted by molar-refractivity contribution is 9.10. The number of nitrogens with two attached hydrogens (primary N) is 1. The van der Waals surface area contributed by atoms with Crippen molar-refractivity contribution in [3.63, 3.8) is 0 Å². The molecule has 0 aliphatic rings. The third-order valence-corrected chi connectivity index (χ3v) is 7.33. The lowest BCUT2D eigenvalue weighted by molar-refractivity contribution is -0.138. The Labute approximate surface area is 242 Å². The Morgan fingerprint density at radius 3 is 2.52 bits per heavy atom. The van der Waals surface area contributed by atoms with Crippen LogP contribution in [0.3, 0.4) is 0 Å². The average Bonchev–Trinajstić information content (AvgIpc) is 3.29. The van der Waals surface area contributed by atoms with Gasteiger partial charge in [0.2, 0.25) is 0 Å². The van der Waals surface area contributed by atoms with Crippen molar-refractivity contribution in [3.05, 3.63) is 105 Å². The Hall–Kier alpha value is -4.85. The van der Waals surface area contributed by atoms with Crippen LogP contribution in [0.15, 0.2) is 76.3 Å². The van der Waals surface area contributed by atoms with Crippen LogP contribution in [0.5, 0.6) is 5.75 Å². The first kappa shape index (κ1) is 27.3. The number of benzene rings is 3. The number of aromatic nitrogens is 6. The zero-order valence-electron chi connectivity index (χ0n) is 21.3. The Bertz CT molecular complexity index is 2050. The number of rotatable bonds is 5. The Kier molecular flexibility index (Phi) is 6.64. The summed E-state index contributed by atoms with van der Waals surface area (Å²) in [6.07, 6.45) is -3.45. The fourth-order valence-electron chi connectivity index (χ4n) is 4.85. The minimum absolute atomic E-state index is 0.0249. The number of aromatic hydroxyl groups is 1. The van der Waals surface area contributed by atoms with Gasteiger partial charge in [0.05, 0.1) is 28.4 Å². The molecule has 0 spiro atoms. The monoisotopic (exact) mass is 639 g/mol. The van der Waals surface area contributed by atoms with Crippen molar-refractivity contribution in [2.45, 2.75) is 19.3 Å². The van der Waals surface area contributed by atoms with Gasteiger partial charge in [-0.15, -0.1) is 0 Å². The molecular formula is C28H18BrF4N7O2. The number of hydrogen-bond acceptors (Lipinski definition) is 7. The van der Waals surface area contributed by atoms with Crippen molar-refractivity contribution in [1.82, 2.24) is 29.3 Å². The number of nitrogens with zero attached hydrogens (tertiary/aromatic N) is 6. The molecule has 3 N–H and O–H groups in total. The fraction of sp³-hybridized carbons (Fsp3) is 0.107. The summed E-state index contributed by atoms with van der Waals surface area (Å²) >= 11 is 3.35. The Morgan fingerprint density at radius 1 is 0.976 bits per heavy atom. The van der Waals surface area contributed by atoms with Crippen LogP contribution in [0, 0.1) is 5.82 Å². The molecule has 6 aromatic rings. The third-order valence-electron chi connectivity index (χ3n) is 6.67. The van der Waals surface area contributed by atoms with Crippen molar-refractivity contribution in [2.24, 2.45) is 0 Å². The van der Waals surface area contributed by atoms with Crippen LogP contribution in [-0.4, -0.2) is 34.4 Å². The van der Waals surface area contributed by atoms with Crippen molar-refractivity contribution >= 4 is 43.7 Å². The molecule has 0 bridgehead atoms. The van der Waals surface area contributed by atoms with Gasteiger partial charge in [-0.2, -0.15) is 18.3 Å². The van der Waals surface area contributed by atoms with E-state index in [1.165, 1.54) is 35.3 Å². The van der Waals surface area contributed by atoms with Gasteiger partial charge in [-0.3, -0.25) is 9.36 Å². The molecular weight excluding hydrogens is 622 g/mol. The summed E-state index contributed by atoms with van der Waals surface area (Å²) in [4.78, 5) is 26.7. The molecule has 0 aliphatic heterocycles. The molecule has 9 nitrogen and oxygen atoms in total. The topological polar surface area (TPSA) is 125 Å². The Balaban J connectivity index is 1.57. The van der Waals surface area contributed by atoms with Gasteiger partial charge in [-0.1, -0.05) is 24.3 Å². The normalized spacial score (nSPS) is 11.9. The van der Waals surface area contributed by atoms with Gasteiger partial charge < -0.3 is 10.8 Å². The van der Waals surface area contributed by atoms with Gasteiger partial charge in [-0.25, -0.2) is 24.0 Å². The number of alkyl halides is 3. The fourth-order valence-corrected chi connectivity index (χ4v) is 5.37. The minimum atomic E-state index is -4.65. The average molecular weight is 640 g/mol. The summed E-state index contributed by atoms with van der Waals surface area (Å²) in [5, 5.41) is 15.0. The molecule has 3 heterocycles. The van der Waals surface area contributed by atoms with E-state index in [1.54, 1.807) is 18.2 Å². The number of hydrogen-bond donors (Lipinski definition) is 2. The van der Waals surface area contributed by atoms with E-state index < -0.39 is 29.7 Å². The van der Waals surface area contributed by atoms with Crippen LogP contribution >= 0.6 is 15.9 Å². The minimum Gasteiger partial charge on any atom is -0.508 e. The molecule has 6 rings (SSSR count). The van der Waals surface area contributed by atoms with Crippen LogP contribution in [0.2, 0.25) is 0 Å². The van der Waals surface area contributed by atoms with E-state index in [4.69, 9.17) is 5.73 Å². The lowest BCUT2D eigenvalue weighted by Crippen LogP contribution is -2.28. The molecule has 42 heavy (non-hydrogen) atoms. The van der Waals surface area contributed by atoms with E-state index in [0.717, 1.165) is 22.8 Å². The maximum atomic E-state index is 14.2. The first-order valence-electron chi connectivity index (χ1n) is 12.3. The molecule has 0 unspecified atom stereocenters. The van der Waals surface area contributed by atoms with Gasteiger partial charge in [-0.05, 0) is 51.8 Å². The summed E-state index contributed by atoms with van der Waals surface area (Å²) in [6, 6.07) is 13.3. The molecule has 14 heteroatoms. The predicted octanol–water partition coefficient (Wildman–Crippen LogP) is 5.51. The zero-order chi connectivity index (χ0) is 29.8. The maximum absolute atomic E-state index is 14.2. The molecule has 0 saturated carbocycles. The molecule has 0 radical (unpaired) electrons. The van der Waals surface area contributed by atoms with Gasteiger partial charge in [0.1, 0.15) is 41.8 Å². The summed E-state index contributed by atoms with van der Waals surface area (Å²) in [6.45, 7) is -0.658. The van der Waals surface area contributed by atoms with Gasteiger partial charge >= 0.3 is 6.18 Å². The number of anilines is 1. The molecule has 3 aromatic heterocycles. The smallest absolute Gasteiger partial charge is 0.416 e. The molecule has 0 fully saturated rings. The molecule has 0 saturated heterocycles. The summed E-state index contributed by atoms with van der Waals surface area (Å²) in [5.74, 6) is -0.959. The highest BCUT2D eigenvalue weighted by atomic mass is 79.9. The van der Waals surface area contributed by atoms with Crippen molar-refractivity contribution < 1.29 is 22.7 Å². The highest BCUT2D eigenvalue weighted by Gasteiger charge is 2.33. The van der Waals surface area contributed by atoms with Crippen molar-refractivity contribution in [3.8, 4) is 17.0 Å². The molecule has 0 amide bonds. The van der Waals surface area contributed by atoms with E-state index >= 15 is 0 Å². The first-order chi connectivity index (χ1) is 20.0. The van der Waals surface area contributed by atoms with Gasteiger partial charge in [0, 0.05) is 16.1 Å². The van der Waals surface area contributed by atoms with E-state index in [0.29, 0.717) is 9.99 Å². The molecule has 0 aliphatic carbocycles. The van der Waals surface area contributed by atoms with Crippen LogP contribution in [0.25, 0.3) is 33.2 Å². The lowest BCUT2D eigenvalue weighted by Gasteiger charge is -2.17. The van der Waals surface area contributed by atoms with Crippen LogP contribution < -0.4 is 11.3 Å². The largest absolute Gasteiger partial charge is 0.508 e. The van der Waals surface area contributed by atoms with Gasteiger partial charge in [0.25, 0.3) is 5.56 Å². The highest BCUT2D eigenvalue weighted by Crippen LogP contribution is 2.34. The summed E-state index contributed by atoms with van der Waals surface area (Å²) in [5.41, 5.74) is 5.41. The SMILES string of the molecule is Nc1ncnc2c1c(-c1cc(O)cc(F)c1)nn2Cc1nc2cccc(Br)c2c(=O)n1Cc1ccccc1C(F)(F)F. The predicted molar refractivity (Wildman–Crippen MR) is 150 cm³/mol. The maximum Gasteiger partial charge on any atom is 0.416 e. The zero-order valence-corrected chi connectivity index (χ0v) is 22.9. The van der Waals surface area contributed by atoms with Gasteiger partial charge in [0.15, 0.2) is 5.65 Å². The van der Waals surface area contributed by atoms with E-state index in [-0.39, 0.29) is 57.2 Å². The second kappa shape index (κ2) is 10.2. The standard InChI is InChI=1S/C28H18BrF4N7O2/c29-19-6-3-7-20-22(19)27(42)39(11-14-4-1-2-5-18(14)28(31,32)33)21(37-20)12-40-26-23(25(34)35-13-36-26)24(38-40)15-8-16(30)10-17(41)9-15/h1-10,13,41H,11-12H2,(H2,34,35,36). The lowest BCUT2D eigenvalue weighted by atomic mass is 10.1. The quantitative estimate of drug-likeness (QED) is 0.238. The van der Waals surface area contributed by atoms with E-state index in [2.05, 4.69) is 36.0 Å². The van der Waals surface area contributed by atoms with Crippen molar-refractivity contribution in [2.75, 3.05) is 5.73 Å². The number of phenols is 1. The molecule has 212 valence electrons. The summed E-state index contributed by atoms with van der Waals surface area (Å²) < 4.78 is 58.7. The summed E-state index contributed by atoms with van der Waals surface area (Å²) in [7, 11) is 0. The van der Waals surface area contributed by atoms with E-state index in [1.807, 2.05) is 0 Å². The van der Waals surface area contributed by atoms with Crippen LogP contribution in [0.1, 0.15) is 17.0 Å². The van der Waals surface area contributed by atoms with Crippen molar-refractivity contribution in [1.29, 1.82) is 0 Å². The molecule has 3 aromatic carbocycles. The second-order valence-corrected chi connectivity index (χ2v) is 10.2. The van der Waals surface area contributed by atoms with E-state index in [9.17, 15) is 27.5 Å². The van der Waals surface area contributed by atoms with Crippen LogP contribution in [-0.2, 0) is 19.3 Å². The second-order valence-electron chi connectivity index (χ2n) is 9.37. The first-order valence-corrected chi connectivity index (χ1v) is 13.1. The van der Waals surface area contributed by atoms with Crippen LogP contribution in [0.4, 0.5) is 23.4 Å². The third kappa shape index (κ3) is 4.83. The number of nitrogen functional groups attached to an aromatic ring is 1. The number of fused-ring (bicyclic) bond motifs is 2.